The fourth-order valence-corrected chi connectivity index (χ4v) is 4.86. The van der Waals surface area contributed by atoms with Crippen molar-refractivity contribution in [3.8, 4) is 0 Å². The second-order valence-electron chi connectivity index (χ2n) is 7.83. The van der Waals surface area contributed by atoms with Gasteiger partial charge in [0.2, 0.25) is 0 Å². The van der Waals surface area contributed by atoms with Crippen molar-refractivity contribution in [2.75, 3.05) is 26.2 Å². The molecule has 0 spiro atoms. The molecule has 0 radical (unpaired) electrons. The van der Waals surface area contributed by atoms with Gasteiger partial charge >= 0.3 is 0 Å². The molecule has 21 heavy (non-hydrogen) atoms. The van der Waals surface area contributed by atoms with Gasteiger partial charge in [-0.3, -0.25) is 4.90 Å². The first-order valence-corrected chi connectivity index (χ1v) is 9.04. The summed E-state index contributed by atoms with van der Waals surface area (Å²) in [5.74, 6) is 0.656. The minimum Gasteiger partial charge on any atom is -0.394 e. The highest BCUT2D eigenvalue weighted by atomic mass is 16.5. The lowest BCUT2D eigenvalue weighted by molar-refractivity contribution is -0.0407. The summed E-state index contributed by atoms with van der Waals surface area (Å²) < 4.78 is 5.93. The lowest BCUT2D eigenvalue weighted by Crippen LogP contribution is -2.53. The van der Waals surface area contributed by atoms with Crippen LogP contribution in [-0.4, -0.2) is 60.0 Å². The molecule has 0 aromatic heterocycles. The fourth-order valence-electron chi connectivity index (χ4n) is 4.86. The van der Waals surface area contributed by atoms with Crippen LogP contribution in [0.5, 0.6) is 0 Å². The van der Waals surface area contributed by atoms with Gasteiger partial charge in [0, 0.05) is 24.7 Å². The number of aliphatic hydroxyl groups is 1. The average Bonchev–Trinajstić information content (AvgIpc) is 3.12. The van der Waals surface area contributed by atoms with Crippen LogP contribution in [0.1, 0.15) is 51.4 Å². The standard InChI is InChI=1S/C17H30N2O2/c20-12-17(18-14-3-4-14)8-1-2-13(17)7-9-19-10-15-5-6-16(11-19)21-15/h13-16,18,20H,1-12H2. The Hall–Kier alpha value is -0.160. The molecule has 4 nitrogen and oxygen atoms in total. The third-order valence-corrected chi connectivity index (χ3v) is 6.22. The van der Waals surface area contributed by atoms with Gasteiger partial charge in [-0.05, 0) is 57.4 Å². The maximum atomic E-state index is 10.00. The van der Waals surface area contributed by atoms with Gasteiger partial charge in [0.1, 0.15) is 0 Å². The van der Waals surface area contributed by atoms with Crippen LogP contribution < -0.4 is 5.32 Å². The van der Waals surface area contributed by atoms with Crippen molar-refractivity contribution in [3.63, 3.8) is 0 Å². The van der Waals surface area contributed by atoms with Crippen molar-refractivity contribution < 1.29 is 9.84 Å². The molecule has 2 aliphatic heterocycles. The van der Waals surface area contributed by atoms with E-state index in [0.29, 0.717) is 30.8 Å². The highest BCUT2D eigenvalue weighted by Crippen LogP contribution is 2.40. The van der Waals surface area contributed by atoms with Gasteiger partial charge in [0.25, 0.3) is 0 Å². The third-order valence-electron chi connectivity index (χ3n) is 6.22. The Morgan fingerprint density at radius 1 is 1.10 bits per heavy atom. The van der Waals surface area contributed by atoms with E-state index in [-0.39, 0.29) is 5.54 Å². The Bertz CT molecular complexity index is 362. The molecule has 2 aliphatic carbocycles. The second kappa shape index (κ2) is 5.80. The van der Waals surface area contributed by atoms with Crippen LogP contribution in [0.4, 0.5) is 0 Å². The van der Waals surface area contributed by atoms with Crippen molar-refractivity contribution >= 4 is 0 Å². The number of hydrogen-bond donors (Lipinski definition) is 2. The number of hydrogen-bond acceptors (Lipinski definition) is 4. The molecular formula is C17H30N2O2. The molecule has 2 N–H and O–H groups in total. The maximum absolute atomic E-state index is 10.00. The van der Waals surface area contributed by atoms with E-state index in [4.69, 9.17) is 4.74 Å². The predicted molar refractivity (Wildman–Crippen MR) is 82.3 cm³/mol. The van der Waals surface area contributed by atoms with E-state index < -0.39 is 0 Å². The molecule has 120 valence electrons. The molecule has 4 aliphatic rings. The number of fused-ring (bicyclic) bond motifs is 2. The molecule has 2 bridgehead atoms. The lowest BCUT2D eigenvalue weighted by Gasteiger charge is -2.38. The van der Waals surface area contributed by atoms with E-state index in [9.17, 15) is 5.11 Å². The number of morpholine rings is 1. The van der Waals surface area contributed by atoms with E-state index in [2.05, 4.69) is 10.2 Å². The highest BCUT2D eigenvalue weighted by molar-refractivity contribution is 5.03. The molecule has 4 heteroatoms. The normalized spacial score (nSPS) is 43.6. The van der Waals surface area contributed by atoms with Crippen LogP contribution in [0.2, 0.25) is 0 Å². The van der Waals surface area contributed by atoms with E-state index in [1.165, 1.54) is 57.9 Å². The first-order valence-electron chi connectivity index (χ1n) is 9.04. The third kappa shape index (κ3) is 3.00. The Labute approximate surface area is 128 Å². The van der Waals surface area contributed by atoms with E-state index in [0.717, 1.165) is 13.1 Å². The summed E-state index contributed by atoms with van der Waals surface area (Å²) in [6.07, 6.45) is 11.1. The highest BCUT2D eigenvalue weighted by Gasteiger charge is 2.45. The minimum atomic E-state index is 0.0342. The molecule has 2 heterocycles. The van der Waals surface area contributed by atoms with E-state index >= 15 is 0 Å². The van der Waals surface area contributed by atoms with Crippen LogP contribution >= 0.6 is 0 Å². The largest absolute Gasteiger partial charge is 0.394 e. The molecule has 2 saturated carbocycles. The summed E-state index contributed by atoms with van der Waals surface area (Å²) in [6, 6.07) is 0.692. The summed E-state index contributed by atoms with van der Waals surface area (Å²) >= 11 is 0. The molecular weight excluding hydrogens is 264 g/mol. The van der Waals surface area contributed by atoms with Gasteiger partial charge in [-0.1, -0.05) is 6.42 Å². The molecule has 0 aromatic carbocycles. The minimum absolute atomic E-state index is 0.0342. The van der Waals surface area contributed by atoms with Crippen molar-refractivity contribution in [1.82, 2.24) is 10.2 Å². The quantitative estimate of drug-likeness (QED) is 0.780. The lowest BCUT2D eigenvalue weighted by atomic mass is 9.85. The monoisotopic (exact) mass is 294 g/mol. The van der Waals surface area contributed by atoms with E-state index in [1.54, 1.807) is 0 Å². The smallest absolute Gasteiger partial charge is 0.0707 e. The maximum Gasteiger partial charge on any atom is 0.0707 e. The molecule has 4 unspecified atom stereocenters. The van der Waals surface area contributed by atoms with Crippen molar-refractivity contribution in [1.29, 1.82) is 0 Å². The van der Waals surface area contributed by atoms with Gasteiger partial charge in [0.05, 0.1) is 18.8 Å². The Kier molecular flexibility index (Phi) is 3.99. The van der Waals surface area contributed by atoms with E-state index in [1.807, 2.05) is 0 Å². The van der Waals surface area contributed by atoms with Crippen molar-refractivity contribution in [2.45, 2.75) is 75.2 Å². The topological polar surface area (TPSA) is 44.7 Å². The van der Waals surface area contributed by atoms with Gasteiger partial charge in [-0.15, -0.1) is 0 Å². The van der Waals surface area contributed by atoms with Gasteiger partial charge < -0.3 is 15.2 Å². The first kappa shape index (κ1) is 14.4. The van der Waals surface area contributed by atoms with Crippen molar-refractivity contribution in [2.24, 2.45) is 5.92 Å². The fraction of sp³-hybridized carbons (Fsp3) is 1.00. The predicted octanol–water partition coefficient (Wildman–Crippen LogP) is 1.52. The van der Waals surface area contributed by atoms with Gasteiger partial charge in [0.15, 0.2) is 0 Å². The summed E-state index contributed by atoms with van der Waals surface area (Å²) in [7, 11) is 0. The average molecular weight is 294 g/mol. The summed E-state index contributed by atoms with van der Waals surface area (Å²) in [4.78, 5) is 2.61. The number of ether oxygens (including phenoxy) is 1. The van der Waals surface area contributed by atoms with Crippen LogP contribution in [-0.2, 0) is 4.74 Å². The number of nitrogens with zero attached hydrogens (tertiary/aromatic N) is 1. The van der Waals surface area contributed by atoms with Crippen LogP contribution in [0, 0.1) is 5.92 Å². The Morgan fingerprint density at radius 2 is 1.86 bits per heavy atom. The number of rotatable bonds is 6. The van der Waals surface area contributed by atoms with Gasteiger partial charge in [-0.25, -0.2) is 0 Å². The Morgan fingerprint density at radius 3 is 2.52 bits per heavy atom. The molecule has 4 rings (SSSR count). The molecule has 4 atom stereocenters. The summed E-state index contributed by atoms with van der Waals surface area (Å²) in [5.41, 5.74) is 0.0342. The summed E-state index contributed by atoms with van der Waals surface area (Å²) in [6.45, 7) is 3.77. The molecule has 0 amide bonds. The van der Waals surface area contributed by atoms with Crippen LogP contribution in [0.3, 0.4) is 0 Å². The zero-order valence-corrected chi connectivity index (χ0v) is 13.1. The van der Waals surface area contributed by atoms with Crippen LogP contribution in [0.15, 0.2) is 0 Å². The zero-order valence-electron chi connectivity index (χ0n) is 13.1. The summed E-state index contributed by atoms with van der Waals surface area (Å²) in [5, 5.41) is 13.8. The Balaban J connectivity index is 1.32. The molecule has 2 saturated heterocycles. The van der Waals surface area contributed by atoms with Crippen LogP contribution in [0.25, 0.3) is 0 Å². The number of aliphatic hydroxyl groups excluding tert-OH is 1. The first-order chi connectivity index (χ1) is 10.3. The number of nitrogens with one attached hydrogen (secondary N) is 1. The number of likely N-dealkylation sites (tertiary alicyclic amines) is 1. The SMILES string of the molecule is OCC1(NC2CC2)CCCC1CCN1CC2CCC(C1)O2. The molecule has 4 fully saturated rings. The van der Waals surface area contributed by atoms with Crippen molar-refractivity contribution in [3.05, 3.63) is 0 Å². The second-order valence-corrected chi connectivity index (χ2v) is 7.83. The molecule has 0 aromatic rings. The zero-order chi connectivity index (χ0) is 14.3. The van der Waals surface area contributed by atoms with Gasteiger partial charge in [-0.2, -0.15) is 0 Å².